The molecule has 0 aliphatic carbocycles. The Labute approximate surface area is 122 Å². The summed E-state index contributed by atoms with van der Waals surface area (Å²) in [5, 5.41) is 11.8. The molecule has 0 aliphatic heterocycles. The summed E-state index contributed by atoms with van der Waals surface area (Å²) in [6, 6.07) is 4.85. The number of nitro groups is 1. The highest BCUT2D eigenvalue weighted by Crippen LogP contribution is 2.31. The normalized spacial score (nSPS) is 11.0. The first-order valence-corrected chi connectivity index (χ1v) is 6.90. The molecule has 21 heavy (non-hydrogen) atoms. The Bertz CT molecular complexity index is 688. The van der Waals surface area contributed by atoms with Gasteiger partial charge in [0.15, 0.2) is 0 Å². The lowest BCUT2D eigenvalue weighted by atomic mass is 9.99. The monoisotopic (exact) mass is 290 g/mol. The first-order valence-electron chi connectivity index (χ1n) is 6.90. The van der Waals surface area contributed by atoms with Gasteiger partial charge in [0.25, 0.3) is 5.69 Å². The quantitative estimate of drug-likeness (QED) is 0.519. The number of nitrogens with one attached hydrogen (secondary N) is 1. The number of ether oxygens (including phenoxy) is 1. The van der Waals surface area contributed by atoms with Crippen LogP contribution in [0.5, 0.6) is 0 Å². The van der Waals surface area contributed by atoms with Gasteiger partial charge in [-0.1, -0.05) is 26.0 Å². The number of aromatic amines is 1. The average molecular weight is 290 g/mol. The zero-order chi connectivity index (χ0) is 15.6. The third-order valence-corrected chi connectivity index (χ3v) is 3.21. The molecule has 1 aromatic carbocycles. The molecule has 0 atom stereocenters. The van der Waals surface area contributed by atoms with E-state index in [1.54, 1.807) is 19.1 Å². The van der Waals surface area contributed by atoms with E-state index in [9.17, 15) is 14.9 Å². The molecule has 0 saturated carbocycles. The van der Waals surface area contributed by atoms with Crippen LogP contribution in [0.1, 0.15) is 36.8 Å². The number of fused-ring (bicyclic) bond motifs is 1. The number of non-ortho nitro benzene ring substituents is 1. The van der Waals surface area contributed by atoms with Crippen molar-refractivity contribution < 1.29 is 14.5 Å². The third-order valence-electron chi connectivity index (χ3n) is 3.21. The fraction of sp³-hybridized carbons (Fsp3) is 0.400. The number of hydrogen-bond donors (Lipinski definition) is 1. The van der Waals surface area contributed by atoms with Crippen LogP contribution in [0.15, 0.2) is 18.2 Å². The highest BCUT2D eigenvalue weighted by atomic mass is 16.6. The number of hydrogen-bond acceptors (Lipinski definition) is 4. The minimum atomic E-state index is -0.473. The van der Waals surface area contributed by atoms with E-state index in [1.807, 2.05) is 13.8 Å². The summed E-state index contributed by atoms with van der Waals surface area (Å²) < 4.78 is 5.04. The topological polar surface area (TPSA) is 85.2 Å². The van der Waals surface area contributed by atoms with Crippen molar-refractivity contribution in [1.82, 2.24) is 4.98 Å². The number of benzene rings is 1. The number of H-pyrrole nitrogens is 1. The fourth-order valence-electron chi connectivity index (χ4n) is 2.41. The van der Waals surface area contributed by atoms with E-state index < -0.39 is 10.9 Å². The first kappa shape index (κ1) is 15.0. The van der Waals surface area contributed by atoms with Crippen LogP contribution in [0, 0.1) is 16.0 Å². The highest BCUT2D eigenvalue weighted by Gasteiger charge is 2.23. The molecule has 6 heteroatoms. The van der Waals surface area contributed by atoms with E-state index in [2.05, 4.69) is 4.98 Å². The van der Waals surface area contributed by atoms with Gasteiger partial charge in [-0.05, 0) is 24.8 Å². The Balaban J connectivity index is 2.68. The first-order chi connectivity index (χ1) is 9.95. The zero-order valence-corrected chi connectivity index (χ0v) is 12.3. The smallest absolute Gasteiger partial charge is 0.355 e. The zero-order valence-electron chi connectivity index (χ0n) is 12.3. The molecule has 0 bridgehead atoms. The molecule has 2 aromatic rings. The molecule has 0 fully saturated rings. The van der Waals surface area contributed by atoms with Crippen molar-refractivity contribution in [2.24, 2.45) is 5.92 Å². The van der Waals surface area contributed by atoms with Crippen LogP contribution < -0.4 is 0 Å². The van der Waals surface area contributed by atoms with E-state index in [0.29, 0.717) is 28.9 Å². The van der Waals surface area contributed by atoms with Gasteiger partial charge in [0.05, 0.1) is 11.5 Å². The number of aromatic nitrogens is 1. The van der Waals surface area contributed by atoms with E-state index in [0.717, 1.165) is 5.56 Å². The van der Waals surface area contributed by atoms with Gasteiger partial charge in [-0.2, -0.15) is 0 Å². The Kier molecular flexibility index (Phi) is 4.26. The molecule has 0 aliphatic rings. The van der Waals surface area contributed by atoms with E-state index in [4.69, 9.17) is 4.74 Å². The van der Waals surface area contributed by atoms with Gasteiger partial charge in [0.2, 0.25) is 0 Å². The number of carbonyl (C=O) groups is 1. The number of nitrogens with zero attached hydrogens (tertiary/aromatic N) is 1. The predicted octanol–water partition coefficient (Wildman–Crippen LogP) is 3.45. The molecular weight excluding hydrogens is 272 g/mol. The molecule has 0 unspecified atom stereocenters. The number of rotatable bonds is 5. The molecule has 0 spiro atoms. The SMILES string of the molecule is CCOC(=O)c1[nH]c2c([N+](=O)[O-])cccc2c1CC(C)C. The minimum absolute atomic E-state index is 0.0342. The molecule has 1 N–H and O–H groups in total. The number of nitro benzene ring substituents is 1. The van der Waals surface area contributed by atoms with E-state index in [-0.39, 0.29) is 12.3 Å². The summed E-state index contributed by atoms with van der Waals surface area (Å²) in [4.78, 5) is 25.6. The maximum atomic E-state index is 12.1. The Morgan fingerprint density at radius 2 is 2.14 bits per heavy atom. The van der Waals surface area contributed by atoms with Crippen LogP contribution in [-0.2, 0) is 11.2 Å². The average Bonchev–Trinajstić information content (AvgIpc) is 2.77. The predicted molar refractivity (Wildman–Crippen MR) is 79.5 cm³/mol. The second-order valence-electron chi connectivity index (χ2n) is 5.25. The number of carbonyl (C=O) groups excluding carboxylic acids is 1. The van der Waals surface area contributed by atoms with Gasteiger partial charge in [-0.25, -0.2) is 4.79 Å². The molecule has 0 radical (unpaired) electrons. The molecule has 2 rings (SSSR count). The van der Waals surface area contributed by atoms with Crippen LogP contribution in [-0.4, -0.2) is 22.5 Å². The van der Waals surface area contributed by atoms with E-state index in [1.165, 1.54) is 6.07 Å². The van der Waals surface area contributed by atoms with Crippen molar-refractivity contribution >= 4 is 22.6 Å². The fourth-order valence-corrected chi connectivity index (χ4v) is 2.41. The Morgan fingerprint density at radius 1 is 1.43 bits per heavy atom. The Morgan fingerprint density at radius 3 is 2.71 bits per heavy atom. The lowest BCUT2D eigenvalue weighted by Gasteiger charge is -2.07. The van der Waals surface area contributed by atoms with Gasteiger partial charge >= 0.3 is 5.97 Å². The van der Waals surface area contributed by atoms with E-state index >= 15 is 0 Å². The van der Waals surface area contributed by atoms with Crippen LogP contribution in [0.25, 0.3) is 10.9 Å². The van der Waals surface area contributed by atoms with Gasteiger partial charge in [0, 0.05) is 11.5 Å². The van der Waals surface area contributed by atoms with Crippen LogP contribution in [0.4, 0.5) is 5.69 Å². The highest BCUT2D eigenvalue weighted by molar-refractivity contribution is 6.01. The largest absolute Gasteiger partial charge is 0.461 e. The molecule has 1 heterocycles. The minimum Gasteiger partial charge on any atom is -0.461 e. The van der Waals surface area contributed by atoms with Gasteiger partial charge in [-0.3, -0.25) is 10.1 Å². The second-order valence-corrected chi connectivity index (χ2v) is 5.25. The maximum Gasteiger partial charge on any atom is 0.355 e. The summed E-state index contributed by atoms with van der Waals surface area (Å²) in [6.45, 7) is 6.05. The van der Waals surface area contributed by atoms with Crippen LogP contribution in [0.2, 0.25) is 0 Å². The van der Waals surface area contributed by atoms with Crippen molar-refractivity contribution in [3.8, 4) is 0 Å². The van der Waals surface area contributed by atoms with Gasteiger partial charge in [0.1, 0.15) is 11.2 Å². The molecule has 6 nitrogen and oxygen atoms in total. The van der Waals surface area contributed by atoms with Crippen LogP contribution in [0.3, 0.4) is 0 Å². The summed E-state index contributed by atoms with van der Waals surface area (Å²) in [5.41, 5.74) is 1.44. The summed E-state index contributed by atoms with van der Waals surface area (Å²) >= 11 is 0. The van der Waals surface area contributed by atoms with Crippen LogP contribution >= 0.6 is 0 Å². The second kappa shape index (κ2) is 5.95. The maximum absolute atomic E-state index is 12.1. The summed E-state index contributed by atoms with van der Waals surface area (Å²) in [7, 11) is 0. The number of para-hydroxylation sites is 1. The molecule has 112 valence electrons. The van der Waals surface area contributed by atoms with Gasteiger partial charge in [-0.15, -0.1) is 0 Å². The van der Waals surface area contributed by atoms with Crippen molar-refractivity contribution in [3.63, 3.8) is 0 Å². The lowest BCUT2D eigenvalue weighted by molar-refractivity contribution is -0.383. The van der Waals surface area contributed by atoms with Crippen molar-refractivity contribution in [3.05, 3.63) is 39.6 Å². The Hall–Kier alpha value is -2.37. The molecule has 0 amide bonds. The standard InChI is InChI=1S/C15H18N2O4/c1-4-21-15(18)14-11(8-9(2)3)10-6-5-7-12(17(19)20)13(10)16-14/h5-7,9,16H,4,8H2,1-3H3. The third kappa shape index (κ3) is 2.89. The summed E-state index contributed by atoms with van der Waals surface area (Å²) in [5.74, 6) is -0.157. The van der Waals surface area contributed by atoms with Crippen molar-refractivity contribution in [2.45, 2.75) is 27.2 Å². The lowest BCUT2D eigenvalue weighted by Crippen LogP contribution is -2.09. The summed E-state index contributed by atoms with van der Waals surface area (Å²) in [6.07, 6.45) is 0.648. The molecular formula is C15H18N2O4. The van der Waals surface area contributed by atoms with Crippen molar-refractivity contribution in [1.29, 1.82) is 0 Å². The molecule has 1 aromatic heterocycles. The molecule has 0 saturated heterocycles. The number of esters is 1. The van der Waals surface area contributed by atoms with Gasteiger partial charge < -0.3 is 9.72 Å². The van der Waals surface area contributed by atoms with Crippen molar-refractivity contribution in [2.75, 3.05) is 6.61 Å².